The van der Waals surface area contributed by atoms with Gasteiger partial charge in [-0.15, -0.1) is 0 Å². The molecule has 380 valence electrons. The first-order chi connectivity index (χ1) is 34.8. The van der Waals surface area contributed by atoms with Gasteiger partial charge in [-0.3, -0.25) is 29.3 Å². The van der Waals surface area contributed by atoms with Crippen molar-refractivity contribution in [2.75, 3.05) is 67.5 Å². The second kappa shape index (κ2) is 18.2. The molecule has 6 aliphatic heterocycles. The van der Waals surface area contributed by atoms with Crippen molar-refractivity contribution in [3.05, 3.63) is 65.7 Å². The van der Waals surface area contributed by atoms with Gasteiger partial charge in [0.15, 0.2) is 5.82 Å². The van der Waals surface area contributed by atoms with Crippen LogP contribution in [0.1, 0.15) is 134 Å². The molecule has 0 bridgehead atoms. The van der Waals surface area contributed by atoms with Crippen LogP contribution in [-0.2, 0) is 29.4 Å². The predicted molar refractivity (Wildman–Crippen MR) is 273 cm³/mol. The highest BCUT2D eigenvalue weighted by molar-refractivity contribution is 6.09. The van der Waals surface area contributed by atoms with Crippen molar-refractivity contribution in [3.8, 4) is 11.3 Å². The second-order valence-electron chi connectivity index (χ2n) is 23.1. The maximum absolute atomic E-state index is 15.4. The third-order valence-electron chi connectivity index (χ3n) is 18.1. The van der Waals surface area contributed by atoms with Crippen LogP contribution in [0.15, 0.2) is 48.8 Å². The normalized spacial score (nSPS) is 27.0. The second-order valence-corrected chi connectivity index (χ2v) is 23.1. The van der Waals surface area contributed by atoms with Gasteiger partial charge in [-0.05, 0) is 141 Å². The Hall–Kier alpha value is -5.90. The number of pyridine rings is 1. The van der Waals surface area contributed by atoms with E-state index in [-0.39, 0.29) is 54.5 Å². The standard InChI is InChI=1S/C56H69FN10O5/c1-34(2)66-33-58-46-31-45(60-50(49(46)66)59-37-8-9-37)36-7-13-43-47(27-36)67(40-28-39(29-40)62-20-5-4-6-21-62)54(72)56(43)18-25-64(26-19-56)53(71)55(3)17-24-65(32-55)52(70)35-15-22-63(23-16-35)38-10-11-41(44(57)30-38)42-12-14-48(68)61-51(42)69/h7,10-11,13,27,30-31,33-35,37,39-40,42H,4-6,8-9,12,14-26,28-29,32H2,1-3H3,(H,59,60)(H,61,68,69)/t39-,40+,42?,55-/m1/s1. The van der Waals surface area contributed by atoms with E-state index in [1.54, 1.807) is 6.07 Å². The minimum atomic E-state index is -0.720. The Morgan fingerprint density at radius 3 is 2.29 bits per heavy atom. The number of piperidine rings is 4. The number of aromatic nitrogens is 3. The number of anilines is 3. The number of amides is 5. The average molecular weight is 981 g/mol. The molecular weight excluding hydrogens is 912 g/mol. The fourth-order valence-electron chi connectivity index (χ4n) is 13.5. The highest BCUT2D eigenvalue weighted by Crippen LogP contribution is 2.53. The van der Waals surface area contributed by atoms with Gasteiger partial charge in [-0.25, -0.2) is 14.4 Å². The quantitative estimate of drug-likeness (QED) is 0.155. The summed E-state index contributed by atoms with van der Waals surface area (Å²) < 4.78 is 17.6. The zero-order valence-electron chi connectivity index (χ0n) is 42.1. The van der Waals surface area contributed by atoms with E-state index in [2.05, 4.69) is 68.0 Å². The maximum Gasteiger partial charge on any atom is 0.238 e. The molecule has 2 saturated carbocycles. The molecule has 2 N–H and O–H groups in total. The van der Waals surface area contributed by atoms with E-state index in [1.807, 2.05) is 29.1 Å². The fourth-order valence-corrected chi connectivity index (χ4v) is 13.5. The first kappa shape index (κ1) is 47.1. The van der Waals surface area contributed by atoms with Crippen molar-refractivity contribution in [1.82, 2.24) is 34.6 Å². The van der Waals surface area contributed by atoms with E-state index in [4.69, 9.17) is 9.97 Å². The Morgan fingerprint density at radius 1 is 0.833 bits per heavy atom. The van der Waals surface area contributed by atoms with Gasteiger partial charge in [0.05, 0.1) is 34.3 Å². The number of benzene rings is 2. The molecule has 8 heterocycles. The molecule has 72 heavy (non-hydrogen) atoms. The van der Waals surface area contributed by atoms with Gasteiger partial charge < -0.3 is 34.4 Å². The summed E-state index contributed by atoms with van der Waals surface area (Å²) in [5.74, 6) is -0.980. The lowest BCUT2D eigenvalue weighted by molar-refractivity contribution is -0.145. The topological polar surface area (TPSA) is 156 Å². The summed E-state index contributed by atoms with van der Waals surface area (Å²) in [5, 5.41) is 6.01. The molecule has 0 radical (unpaired) electrons. The lowest BCUT2D eigenvalue weighted by Gasteiger charge is -2.48. The largest absolute Gasteiger partial charge is 0.371 e. The van der Waals surface area contributed by atoms with Gasteiger partial charge in [0, 0.05) is 98.3 Å². The summed E-state index contributed by atoms with van der Waals surface area (Å²) in [4.78, 5) is 88.8. The van der Waals surface area contributed by atoms with Gasteiger partial charge in [0.2, 0.25) is 29.5 Å². The number of likely N-dealkylation sites (tertiary alicyclic amines) is 3. The summed E-state index contributed by atoms with van der Waals surface area (Å²) in [6.07, 6.45) is 13.3. The van der Waals surface area contributed by atoms with Gasteiger partial charge in [-0.1, -0.05) is 24.6 Å². The van der Waals surface area contributed by atoms with Crippen LogP contribution in [0.2, 0.25) is 0 Å². The monoisotopic (exact) mass is 981 g/mol. The summed E-state index contributed by atoms with van der Waals surface area (Å²) in [5.41, 5.74) is 5.35. The zero-order chi connectivity index (χ0) is 49.6. The molecular formula is C56H69FN10O5. The van der Waals surface area contributed by atoms with Crippen LogP contribution in [0.5, 0.6) is 0 Å². The smallest absolute Gasteiger partial charge is 0.238 e. The van der Waals surface area contributed by atoms with Crippen LogP contribution in [0.3, 0.4) is 0 Å². The minimum Gasteiger partial charge on any atom is -0.371 e. The molecule has 1 unspecified atom stereocenters. The molecule has 2 aromatic heterocycles. The number of carbonyl (C=O) groups is 5. The van der Waals surface area contributed by atoms with Crippen molar-refractivity contribution in [2.24, 2.45) is 11.3 Å². The van der Waals surface area contributed by atoms with Crippen LogP contribution >= 0.6 is 0 Å². The average Bonchev–Trinajstić information content (AvgIpc) is 3.85. The molecule has 8 aliphatic rings. The highest BCUT2D eigenvalue weighted by Gasteiger charge is 2.57. The van der Waals surface area contributed by atoms with Gasteiger partial charge in [0.1, 0.15) is 11.3 Å². The molecule has 16 heteroatoms. The summed E-state index contributed by atoms with van der Waals surface area (Å²) in [6, 6.07) is 14.8. The maximum atomic E-state index is 15.4. The Balaban J connectivity index is 0.723. The third kappa shape index (κ3) is 8.23. The van der Waals surface area contributed by atoms with Crippen LogP contribution in [0.4, 0.5) is 21.6 Å². The molecule has 12 rings (SSSR count). The van der Waals surface area contributed by atoms with E-state index in [1.165, 1.54) is 25.3 Å². The number of fused-ring (bicyclic) bond motifs is 3. The van der Waals surface area contributed by atoms with Crippen molar-refractivity contribution in [2.45, 2.75) is 146 Å². The number of carbonyl (C=O) groups excluding carboxylic acids is 5. The van der Waals surface area contributed by atoms with Gasteiger partial charge in [0.25, 0.3) is 0 Å². The third-order valence-corrected chi connectivity index (χ3v) is 18.1. The van der Waals surface area contributed by atoms with E-state index in [9.17, 15) is 19.2 Å². The number of halogens is 1. The number of imidazole rings is 1. The van der Waals surface area contributed by atoms with Crippen molar-refractivity contribution < 1.29 is 28.4 Å². The van der Waals surface area contributed by atoms with Crippen molar-refractivity contribution in [3.63, 3.8) is 0 Å². The number of hydrogen-bond donors (Lipinski definition) is 2. The lowest BCUT2D eigenvalue weighted by atomic mass is 9.72. The van der Waals surface area contributed by atoms with Crippen LogP contribution in [0, 0.1) is 17.2 Å². The zero-order valence-corrected chi connectivity index (χ0v) is 42.1. The molecule has 1 spiro atoms. The fraction of sp³-hybridized carbons (Fsp3) is 0.589. The Bertz CT molecular complexity index is 2830. The molecule has 4 aromatic rings. The first-order valence-corrected chi connectivity index (χ1v) is 27.1. The first-order valence-electron chi connectivity index (χ1n) is 27.1. The van der Waals surface area contributed by atoms with Crippen LogP contribution in [0.25, 0.3) is 22.3 Å². The minimum absolute atomic E-state index is 0.0588. The van der Waals surface area contributed by atoms with Crippen LogP contribution < -0.4 is 20.4 Å². The van der Waals surface area contributed by atoms with Gasteiger partial charge >= 0.3 is 0 Å². The molecule has 5 saturated heterocycles. The number of imide groups is 1. The summed E-state index contributed by atoms with van der Waals surface area (Å²) in [7, 11) is 0. The molecule has 2 aliphatic carbocycles. The van der Waals surface area contributed by atoms with E-state index >= 15 is 9.18 Å². The van der Waals surface area contributed by atoms with Crippen molar-refractivity contribution in [1.29, 1.82) is 0 Å². The summed E-state index contributed by atoms with van der Waals surface area (Å²) in [6.45, 7) is 11.6. The van der Waals surface area contributed by atoms with E-state index < -0.39 is 28.5 Å². The SMILES string of the molecule is CC(C)n1cnc2cc(-c3ccc4c(c3)N([C@H]3C[C@@H](N5CCCCC5)C3)C(=O)C43CCN(C(=O)[C@]4(C)CCN(C(=O)C5CCN(c6ccc(C7CCC(=O)NC7=O)c(F)c6)CC5)C4)CC3)nc(NC3CC3)c21. The van der Waals surface area contributed by atoms with Crippen LogP contribution in [-0.4, -0.2) is 129 Å². The molecule has 7 fully saturated rings. The Morgan fingerprint density at radius 2 is 1.58 bits per heavy atom. The van der Waals surface area contributed by atoms with Gasteiger partial charge in [-0.2, -0.15) is 0 Å². The van der Waals surface area contributed by atoms with E-state index in [0.29, 0.717) is 94.7 Å². The number of nitrogens with zero attached hydrogens (tertiary/aromatic N) is 8. The number of nitrogens with one attached hydrogen (secondary N) is 2. The molecule has 2 atom stereocenters. The summed E-state index contributed by atoms with van der Waals surface area (Å²) >= 11 is 0. The number of rotatable bonds is 10. The Labute approximate surface area is 421 Å². The lowest BCUT2D eigenvalue weighted by Crippen LogP contribution is -2.59. The van der Waals surface area contributed by atoms with E-state index in [0.717, 1.165) is 78.1 Å². The van der Waals surface area contributed by atoms with Crippen molar-refractivity contribution >= 4 is 57.8 Å². The molecule has 2 aromatic carbocycles. The highest BCUT2D eigenvalue weighted by atomic mass is 19.1. The molecule has 15 nitrogen and oxygen atoms in total. The Kier molecular flexibility index (Phi) is 11.9. The molecule has 5 amide bonds. The predicted octanol–water partition coefficient (Wildman–Crippen LogP) is 7.29. The number of hydrogen-bond acceptors (Lipinski definition) is 10.